The van der Waals surface area contributed by atoms with Gasteiger partial charge in [-0.3, -0.25) is 0 Å². The van der Waals surface area contributed by atoms with Crippen molar-refractivity contribution in [2.24, 2.45) is 0 Å². The molecule has 0 saturated carbocycles. The number of nitrogens with one attached hydrogen (secondary N) is 3. The van der Waals surface area contributed by atoms with E-state index in [1.807, 2.05) is 30.3 Å². The van der Waals surface area contributed by atoms with Gasteiger partial charge in [-0.05, 0) is 35.9 Å². The molecular weight excluding hydrogens is 404 g/mol. The van der Waals surface area contributed by atoms with E-state index in [0.717, 1.165) is 29.6 Å². The number of ether oxygens (including phenoxy) is 1. The molecule has 4 rings (SSSR count). The first-order valence-corrected chi connectivity index (χ1v) is 8.79. The summed E-state index contributed by atoms with van der Waals surface area (Å²) in [7, 11) is 1.91. The molecule has 0 spiro atoms. The van der Waals surface area contributed by atoms with Crippen LogP contribution in [0, 0.1) is 5.82 Å². The Labute approximate surface area is 168 Å². The smallest absolute Gasteiger partial charge is 0.406 e. The average molecular weight is 420 g/mol. The molecule has 0 unspecified atom stereocenters. The molecule has 30 heavy (non-hydrogen) atoms. The first kappa shape index (κ1) is 19.7. The van der Waals surface area contributed by atoms with Gasteiger partial charge in [-0.1, -0.05) is 6.07 Å². The molecule has 0 atom stereocenters. The molecule has 2 heterocycles. The number of rotatable bonds is 5. The minimum atomic E-state index is -4.82. The maximum Gasteiger partial charge on any atom is 0.573 e. The third-order valence-electron chi connectivity index (χ3n) is 4.28. The zero-order valence-electron chi connectivity index (χ0n) is 15.6. The molecule has 1 aromatic heterocycles. The summed E-state index contributed by atoms with van der Waals surface area (Å²) in [5.41, 5.74) is 6.18. The quantitative estimate of drug-likeness (QED) is 0.527. The second-order valence-electron chi connectivity index (χ2n) is 6.45. The van der Waals surface area contributed by atoms with Gasteiger partial charge in [-0.2, -0.15) is 4.98 Å². The predicted molar refractivity (Wildman–Crippen MR) is 103 cm³/mol. The Morgan fingerprint density at radius 2 is 1.90 bits per heavy atom. The number of nitrogens with zero attached hydrogens (tertiary/aromatic N) is 3. The van der Waals surface area contributed by atoms with Gasteiger partial charge in [-0.15, -0.1) is 13.2 Å². The normalized spacial score (nSPS) is 13.2. The molecule has 3 N–H and O–H groups in total. The van der Waals surface area contributed by atoms with Crippen molar-refractivity contribution in [2.45, 2.75) is 12.9 Å². The van der Waals surface area contributed by atoms with Crippen LogP contribution >= 0.6 is 0 Å². The Balaban J connectivity index is 1.52. The Morgan fingerprint density at radius 1 is 1.10 bits per heavy atom. The topological polar surface area (TPSA) is 74.3 Å². The van der Waals surface area contributed by atoms with E-state index in [4.69, 9.17) is 0 Å². The van der Waals surface area contributed by atoms with Crippen molar-refractivity contribution in [2.75, 3.05) is 22.7 Å². The molecule has 1 aliphatic heterocycles. The second kappa shape index (κ2) is 7.67. The molecule has 0 bridgehead atoms. The summed E-state index contributed by atoms with van der Waals surface area (Å²) < 4.78 is 55.2. The highest BCUT2D eigenvalue weighted by Gasteiger charge is 2.31. The third kappa shape index (κ3) is 4.51. The zero-order valence-corrected chi connectivity index (χ0v) is 15.6. The summed E-state index contributed by atoms with van der Waals surface area (Å²) in [4.78, 5) is 7.99. The molecule has 7 nitrogen and oxygen atoms in total. The SMILES string of the molecule is CN1NCc2cc(Nc3ncc(F)c(Nc4cccc(OC(F)(F)F)c4)n3)ccc21. The van der Waals surface area contributed by atoms with E-state index in [0.29, 0.717) is 12.2 Å². The van der Waals surface area contributed by atoms with Crippen LogP contribution in [0.15, 0.2) is 48.7 Å². The molecule has 0 saturated heterocycles. The van der Waals surface area contributed by atoms with Gasteiger partial charge in [0, 0.05) is 31.0 Å². The van der Waals surface area contributed by atoms with E-state index in [9.17, 15) is 17.6 Å². The molecular formula is C19H16F4N6O. The lowest BCUT2D eigenvalue weighted by molar-refractivity contribution is -0.274. The summed E-state index contributed by atoms with van der Waals surface area (Å²) in [6.45, 7) is 0.675. The number of anilines is 5. The molecule has 156 valence electrons. The van der Waals surface area contributed by atoms with Crippen molar-refractivity contribution in [3.05, 3.63) is 60.0 Å². The van der Waals surface area contributed by atoms with E-state index in [1.54, 1.807) is 0 Å². The number of fused-ring (bicyclic) bond motifs is 1. The van der Waals surface area contributed by atoms with Gasteiger partial charge in [0.05, 0.1) is 11.9 Å². The van der Waals surface area contributed by atoms with Gasteiger partial charge in [0.2, 0.25) is 5.95 Å². The zero-order chi connectivity index (χ0) is 21.3. The highest BCUT2D eigenvalue weighted by molar-refractivity contribution is 5.66. The maximum absolute atomic E-state index is 14.1. The van der Waals surface area contributed by atoms with Crippen LogP contribution in [0.4, 0.5) is 46.4 Å². The fraction of sp³-hybridized carbons (Fsp3) is 0.158. The highest BCUT2D eigenvalue weighted by Crippen LogP contribution is 2.29. The van der Waals surface area contributed by atoms with Crippen molar-refractivity contribution in [1.82, 2.24) is 15.4 Å². The molecule has 1 aliphatic rings. The van der Waals surface area contributed by atoms with Crippen LogP contribution in [-0.4, -0.2) is 23.4 Å². The summed E-state index contributed by atoms with van der Waals surface area (Å²) in [6, 6.07) is 10.7. The minimum absolute atomic E-state index is 0.126. The summed E-state index contributed by atoms with van der Waals surface area (Å²) in [5.74, 6) is -1.26. The average Bonchev–Trinajstić information content (AvgIpc) is 3.04. The molecule has 0 fully saturated rings. The summed E-state index contributed by atoms with van der Waals surface area (Å²) in [5, 5.41) is 7.55. The van der Waals surface area contributed by atoms with Gasteiger partial charge < -0.3 is 20.4 Å². The number of alkyl halides is 3. The Morgan fingerprint density at radius 3 is 2.70 bits per heavy atom. The second-order valence-corrected chi connectivity index (χ2v) is 6.45. The molecule has 0 radical (unpaired) electrons. The van der Waals surface area contributed by atoms with Gasteiger partial charge in [-0.25, -0.2) is 14.8 Å². The standard InChI is InChI=1S/C19H16F4N6O/c1-29-16-6-5-13(7-11(16)9-25-29)27-18-24-10-15(20)17(28-18)26-12-3-2-4-14(8-12)30-19(21,22)23/h2-8,10,25H,9H2,1H3,(H2,24,26,27,28). The Kier molecular flexibility index (Phi) is 5.04. The van der Waals surface area contributed by atoms with E-state index < -0.39 is 17.9 Å². The first-order valence-electron chi connectivity index (χ1n) is 8.79. The van der Waals surface area contributed by atoms with Crippen LogP contribution in [0.5, 0.6) is 5.75 Å². The van der Waals surface area contributed by atoms with Crippen molar-refractivity contribution < 1.29 is 22.3 Å². The van der Waals surface area contributed by atoms with Crippen molar-refractivity contribution in [3.63, 3.8) is 0 Å². The number of hydrogen-bond donors (Lipinski definition) is 3. The monoisotopic (exact) mass is 420 g/mol. The maximum atomic E-state index is 14.1. The number of hydrazine groups is 1. The van der Waals surface area contributed by atoms with Gasteiger partial charge in [0.25, 0.3) is 0 Å². The van der Waals surface area contributed by atoms with Crippen LogP contribution in [0.25, 0.3) is 0 Å². The van der Waals surface area contributed by atoms with Crippen LogP contribution in [0.1, 0.15) is 5.56 Å². The number of halogens is 4. The van der Waals surface area contributed by atoms with Gasteiger partial charge >= 0.3 is 6.36 Å². The number of benzene rings is 2. The molecule has 3 aromatic rings. The largest absolute Gasteiger partial charge is 0.573 e. The molecule has 0 aliphatic carbocycles. The van der Waals surface area contributed by atoms with E-state index in [1.165, 1.54) is 12.1 Å². The molecule has 0 amide bonds. The minimum Gasteiger partial charge on any atom is -0.406 e. The fourth-order valence-electron chi connectivity index (χ4n) is 2.97. The van der Waals surface area contributed by atoms with Crippen LogP contribution in [-0.2, 0) is 6.54 Å². The van der Waals surface area contributed by atoms with Gasteiger partial charge in [0.15, 0.2) is 11.6 Å². The highest BCUT2D eigenvalue weighted by atomic mass is 19.4. The summed E-state index contributed by atoms with van der Waals surface area (Å²) >= 11 is 0. The fourth-order valence-corrected chi connectivity index (χ4v) is 2.97. The van der Waals surface area contributed by atoms with Crippen LogP contribution in [0.3, 0.4) is 0 Å². The van der Waals surface area contributed by atoms with Crippen molar-refractivity contribution in [3.8, 4) is 5.75 Å². The lowest BCUT2D eigenvalue weighted by atomic mass is 10.1. The Bertz CT molecular complexity index is 1080. The molecule has 11 heteroatoms. The number of aromatic nitrogens is 2. The third-order valence-corrected chi connectivity index (χ3v) is 4.28. The Hall–Kier alpha value is -3.60. The first-order chi connectivity index (χ1) is 14.3. The molecule has 2 aromatic carbocycles. The van der Waals surface area contributed by atoms with Gasteiger partial charge in [0.1, 0.15) is 5.75 Å². The van der Waals surface area contributed by atoms with E-state index in [-0.39, 0.29) is 17.5 Å². The number of hydrogen-bond acceptors (Lipinski definition) is 7. The van der Waals surface area contributed by atoms with E-state index in [2.05, 4.69) is 30.8 Å². The predicted octanol–water partition coefficient (Wildman–Crippen LogP) is 4.46. The lowest BCUT2D eigenvalue weighted by Gasteiger charge is -2.13. The van der Waals surface area contributed by atoms with Crippen molar-refractivity contribution in [1.29, 1.82) is 0 Å². The van der Waals surface area contributed by atoms with E-state index >= 15 is 0 Å². The van der Waals surface area contributed by atoms with Crippen LogP contribution in [0.2, 0.25) is 0 Å². The van der Waals surface area contributed by atoms with Crippen LogP contribution < -0.4 is 25.8 Å². The van der Waals surface area contributed by atoms with Crippen molar-refractivity contribution >= 4 is 28.8 Å². The lowest BCUT2D eigenvalue weighted by Crippen LogP contribution is -2.26. The summed E-state index contributed by atoms with van der Waals surface area (Å²) in [6.07, 6.45) is -3.85.